The first kappa shape index (κ1) is 15.2. The summed E-state index contributed by atoms with van der Waals surface area (Å²) in [6, 6.07) is 0. The van der Waals surface area contributed by atoms with Gasteiger partial charge in [-0.15, -0.1) is 4.28 Å². The number of hydroxylamine groups is 1. The van der Waals surface area contributed by atoms with Crippen molar-refractivity contribution in [3.8, 4) is 0 Å². The average molecular weight is 253 g/mol. The smallest absolute Gasteiger partial charge is 0.432 e. The van der Waals surface area contributed by atoms with Crippen LogP contribution in [0.2, 0.25) is 0 Å². The molecular weight excluding hydrogens is 234 g/mol. The van der Waals surface area contributed by atoms with E-state index in [0.29, 0.717) is 0 Å². The second-order valence-electron chi connectivity index (χ2n) is 4.81. The van der Waals surface area contributed by atoms with Crippen molar-refractivity contribution in [3.05, 3.63) is 0 Å². The monoisotopic (exact) mass is 253 g/mol. The van der Waals surface area contributed by atoms with Crippen LogP contribution in [0.3, 0.4) is 0 Å². The van der Waals surface area contributed by atoms with Gasteiger partial charge in [-0.2, -0.15) is 13.9 Å². The molecule has 1 amide bonds. The van der Waals surface area contributed by atoms with Crippen molar-refractivity contribution in [2.45, 2.75) is 40.2 Å². The van der Waals surface area contributed by atoms with Gasteiger partial charge in [-0.05, 0) is 26.7 Å². The molecule has 0 rings (SSSR count). The fourth-order valence-electron chi connectivity index (χ4n) is 0.839. The maximum atomic E-state index is 11.2. The minimum atomic E-state index is -3.74. The fraction of sp³-hybridized carbons (Fsp3) is 0.889. The van der Waals surface area contributed by atoms with Crippen LogP contribution in [0.5, 0.6) is 0 Å². The normalized spacial score (nSPS) is 12.6. The molecule has 0 aliphatic carbocycles. The molecule has 0 aliphatic heterocycles. The van der Waals surface area contributed by atoms with Crippen LogP contribution in [-0.4, -0.2) is 25.9 Å². The molecule has 6 nitrogen and oxygen atoms in total. The molecule has 7 heteroatoms. The first-order valence-electron chi connectivity index (χ1n) is 4.92. The quantitative estimate of drug-likeness (QED) is 0.766. The maximum Gasteiger partial charge on any atom is 0.432 e. The first-order chi connectivity index (χ1) is 7.02. The van der Waals surface area contributed by atoms with Gasteiger partial charge in [0, 0.05) is 0 Å². The van der Waals surface area contributed by atoms with Crippen LogP contribution >= 0.6 is 0 Å². The van der Waals surface area contributed by atoms with E-state index in [9.17, 15) is 13.2 Å². The summed E-state index contributed by atoms with van der Waals surface area (Å²) in [6.07, 6.45) is -0.931. The number of carbonyl (C=O) groups excluding carboxylic acids is 1. The molecule has 0 atom stereocenters. The molecule has 0 aromatic carbocycles. The Kier molecular flexibility index (Phi) is 5.21. The topological polar surface area (TPSA) is 81.7 Å². The summed E-state index contributed by atoms with van der Waals surface area (Å²) in [7, 11) is -3.74. The minimum absolute atomic E-state index is 0.0783. The number of amides is 1. The summed E-state index contributed by atoms with van der Waals surface area (Å²) in [5.74, 6) is -0.242. The summed E-state index contributed by atoms with van der Waals surface area (Å²) in [4.78, 5) is 11.1. The van der Waals surface area contributed by atoms with Gasteiger partial charge >= 0.3 is 6.09 Å². The molecule has 1 N–H and O–H groups in total. The lowest BCUT2D eigenvalue weighted by Gasteiger charge is -2.19. The second kappa shape index (κ2) is 5.49. The molecule has 0 aromatic rings. The van der Waals surface area contributed by atoms with Gasteiger partial charge in [0.05, 0.1) is 5.75 Å². The van der Waals surface area contributed by atoms with Crippen LogP contribution in [0.15, 0.2) is 0 Å². The van der Waals surface area contributed by atoms with Gasteiger partial charge in [0.1, 0.15) is 5.60 Å². The van der Waals surface area contributed by atoms with Crippen LogP contribution in [-0.2, 0) is 19.1 Å². The van der Waals surface area contributed by atoms with E-state index in [1.807, 2.05) is 0 Å². The van der Waals surface area contributed by atoms with E-state index in [4.69, 9.17) is 4.74 Å². The van der Waals surface area contributed by atoms with E-state index in [0.717, 1.165) is 0 Å². The van der Waals surface area contributed by atoms with Crippen molar-refractivity contribution >= 4 is 16.2 Å². The molecule has 0 spiro atoms. The lowest BCUT2D eigenvalue weighted by molar-refractivity contribution is 0.0298. The zero-order valence-corrected chi connectivity index (χ0v) is 11.1. The Morgan fingerprint density at radius 1 is 1.31 bits per heavy atom. The third-order valence-corrected chi connectivity index (χ3v) is 2.60. The highest BCUT2D eigenvalue weighted by Crippen LogP contribution is 2.07. The molecule has 0 saturated heterocycles. The SMILES string of the molecule is CC(C)CS(=O)(=O)ONC(=O)OC(C)(C)C. The van der Waals surface area contributed by atoms with Crippen molar-refractivity contribution in [2.24, 2.45) is 5.92 Å². The van der Waals surface area contributed by atoms with E-state index in [-0.39, 0.29) is 11.7 Å². The number of carbonyl (C=O) groups is 1. The van der Waals surface area contributed by atoms with E-state index in [1.165, 1.54) is 0 Å². The zero-order chi connectivity index (χ0) is 13.0. The minimum Gasteiger partial charge on any atom is -0.442 e. The van der Waals surface area contributed by atoms with Crippen molar-refractivity contribution in [1.29, 1.82) is 0 Å². The summed E-state index contributed by atoms with van der Waals surface area (Å²) >= 11 is 0. The molecule has 0 aromatic heterocycles. The van der Waals surface area contributed by atoms with Gasteiger partial charge in [-0.1, -0.05) is 13.8 Å². The zero-order valence-electron chi connectivity index (χ0n) is 10.2. The largest absolute Gasteiger partial charge is 0.442 e. The maximum absolute atomic E-state index is 11.2. The number of hydrogen-bond acceptors (Lipinski definition) is 5. The number of rotatable bonds is 4. The van der Waals surface area contributed by atoms with Crippen LogP contribution in [0.25, 0.3) is 0 Å². The Balaban J connectivity index is 4.11. The van der Waals surface area contributed by atoms with E-state index in [1.54, 1.807) is 40.1 Å². The van der Waals surface area contributed by atoms with Crippen LogP contribution in [0.1, 0.15) is 34.6 Å². The molecule has 0 bridgehead atoms. The Labute approximate surface area is 96.4 Å². The molecular formula is C9H19NO5S. The van der Waals surface area contributed by atoms with Gasteiger partial charge in [0.2, 0.25) is 0 Å². The van der Waals surface area contributed by atoms with E-state index >= 15 is 0 Å². The lowest BCUT2D eigenvalue weighted by atomic mass is 10.2. The van der Waals surface area contributed by atoms with Gasteiger partial charge < -0.3 is 4.74 Å². The molecule has 0 radical (unpaired) electrons. The van der Waals surface area contributed by atoms with Crippen molar-refractivity contribution in [2.75, 3.05) is 5.75 Å². The van der Waals surface area contributed by atoms with E-state index in [2.05, 4.69) is 4.28 Å². The Morgan fingerprint density at radius 2 is 1.81 bits per heavy atom. The molecule has 0 unspecified atom stereocenters. The molecule has 0 heterocycles. The van der Waals surface area contributed by atoms with Gasteiger partial charge in [-0.3, -0.25) is 0 Å². The number of hydrogen-bond donors (Lipinski definition) is 1. The molecule has 0 aliphatic rings. The molecule has 96 valence electrons. The highest BCUT2D eigenvalue weighted by atomic mass is 32.2. The highest BCUT2D eigenvalue weighted by molar-refractivity contribution is 7.86. The molecule has 16 heavy (non-hydrogen) atoms. The fourth-order valence-corrected chi connectivity index (χ4v) is 1.92. The average Bonchev–Trinajstić information content (AvgIpc) is 1.95. The third kappa shape index (κ3) is 8.49. The van der Waals surface area contributed by atoms with E-state index < -0.39 is 21.8 Å². The van der Waals surface area contributed by atoms with Crippen molar-refractivity contribution in [3.63, 3.8) is 0 Å². The van der Waals surface area contributed by atoms with Crippen molar-refractivity contribution in [1.82, 2.24) is 5.48 Å². The number of nitrogens with one attached hydrogen (secondary N) is 1. The van der Waals surface area contributed by atoms with Crippen LogP contribution in [0.4, 0.5) is 4.79 Å². The Hall–Kier alpha value is -0.820. The Bertz CT molecular complexity index is 328. The summed E-state index contributed by atoms with van der Waals surface area (Å²) < 4.78 is 31.5. The second-order valence-corrected chi connectivity index (χ2v) is 6.42. The summed E-state index contributed by atoms with van der Waals surface area (Å²) in [6.45, 7) is 8.45. The van der Waals surface area contributed by atoms with Crippen LogP contribution < -0.4 is 5.48 Å². The lowest BCUT2D eigenvalue weighted by Crippen LogP contribution is -2.35. The van der Waals surface area contributed by atoms with Gasteiger partial charge in [0.15, 0.2) is 0 Å². The third-order valence-electron chi connectivity index (χ3n) is 1.19. The summed E-state index contributed by atoms with van der Waals surface area (Å²) in [5, 5.41) is 0. The molecule has 0 fully saturated rings. The molecule has 0 saturated carbocycles. The predicted molar refractivity (Wildman–Crippen MR) is 59.1 cm³/mol. The highest BCUT2D eigenvalue weighted by Gasteiger charge is 2.20. The standard InChI is InChI=1S/C9H19NO5S/c1-7(2)6-16(12,13)15-10-8(11)14-9(3,4)5/h7H,6H2,1-5H3,(H,10,11). The Morgan fingerprint density at radius 3 is 2.19 bits per heavy atom. The first-order valence-corrected chi connectivity index (χ1v) is 6.50. The number of ether oxygens (including phenoxy) is 1. The van der Waals surface area contributed by atoms with Gasteiger partial charge in [0.25, 0.3) is 10.1 Å². The summed E-state index contributed by atoms with van der Waals surface area (Å²) in [5.41, 5.74) is 1.04. The van der Waals surface area contributed by atoms with Gasteiger partial charge in [-0.25, -0.2) is 4.79 Å². The van der Waals surface area contributed by atoms with Crippen LogP contribution in [0, 0.1) is 5.92 Å². The van der Waals surface area contributed by atoms with Crippen molar-refractivity contribution < 1.29 is 22.2 Å². The predicted octanol–water partition coefficient (Wildman–Crippen LogP) is 1.43.